The fourth-order valence-electron chi connectivity index (χ4n) is 2.81. The first kappa shape index (κ1) is 14.5. The number of azide groups is 1. The van der Waals surface area contributed by atoms with E-state index in [1.54, 1.807) is 19.1 Å². The predicted octanol–water partition coefficient (Wildman–Crippen LogP) is 0.174. The number of nitrogens with two attached hydrogens (primary N) is 1. The van der Waals surface area contributed by atoms with Crippen molar-refractivity contribution in [3.63, 3.8) is 0 Å². The van der Waals surface area contributed by atoms with Crippen LogP contribution in [-0.4, -0.2) is 49.2 Å². The molecule has 2 aromatic rings. The summed E-state index contributed by atoms with van der Waals surface area (Å²) >= 11 is 0. The van der Waals surface area contributed by atoms with Crippen LogP contribution in [0.15, 0.2) is 23.6 Å². The molecule has 0 aliphatic carbocycles. The molecule has 116 valence electrons. The van der Waals surface area contributed by atoms with Gasteiger partial charge in [-0.1, -0.05) is 5.11 Å². The third-order valence-electron chi connectivity index (χ3n) is 4.01. The second kappa shape index (κ2) is 5.11. The van der Waals surface area contributed by atoms with Gasteiger partial charge in [-0.05, 0) is 24.6 Å². The van der Waals surface area contributed by atoms with Gasteiger partial charge in [0.15, 0.2) is 5.82 Å². The number of aliphatic hydroxyl groups excluding tert-OH is 2. The van der Waals surface area contributed by atoms with Crippen LogP contribution in [0, 0.1) is 0 Å². The van der Waals surface area contributed by atoms with Crippen LogP contribution >= 0.6 is 0 Å². The fraction of sp³-hybridized carbons (Fsp3) is 0.500. The standard InChI is InChI=1S/C12H15N7O3/c1-12(17-18-14)9(21)8(4-20)22-10(12)6-2-3-7-11(13)15-5-16-19(6)7/h2-3,5,8-10,20-21H,4H2,1H3,(H2,13,15,16)/t8-,9-,10+,12?/m1/s1. The van der Waals surface area contributed by atoms with E-state index in [0.29, 0.717) is 17.0 Å². The normalized spacial score (nSPS) is 31.3. The van der Waals surface area contributed by atoms with Crippen LogP contribution in [0.1, 0.15) is 18.7 Å². The quantitative estimate of drug-likeness (QED) is 0.417. The van der Waals surface area contributed by atoms with Gasteiger partial charge in [-0.15, -0.1) is 0 Å². The number of hydrogen-bond donors (Lipinski definition) is 3. The average Bonchev–Trinajstić information content (AvgIpc) is 3.02. The van der Waals surface area contributed by atoms with E-state index >= 15 is 0 Å². The molecule has 4 N–H and O–H groups in total. The van der Waals surface area contributed by atoms with E-state index in [-0.39, 0.29) is 0 Å². The Kier molecular flexibility index (Phi) is 3.38. The van der Waals surface area contributed by atoms with Gasteiger partial charge < -0.3 is 20.7 Å². The zero-order chi connectivity index (χ0) is 15.9. The summed E-state index contributed by atoms with van der Waals surface area (Å²) in [5, 5.41) is 27.5. The van der Waals surface area contributed by atoms with Crippen molar-refractivity contribution in [3.05, 3.63) is 34.6 Å². The number of nitrogens with zero attached hydrogens (tertiary/aromatic N) is 6. The number of anilines is 1. The molecule has 1 aliphatic heterocycles. The van der Waals surface area contributed by atoms with Gasteiger partial charge in [0.1, 0.15) is 29.6 Å². The first-order chi connectivity index (χ1) is 10.5. The molecule has 2 aromatic heterocycles. The maximum absolute atomic E-state index is 10.3. The molecule has 0 saturated carbocycles. The lowest BCUT2D eigenvalue weighted by molar-refractivity contribution is -0.0240. The third kappa shape index (κ3) is 1.90. The van der Waals surface area contributed by atoms with E-state index in [4.69, 9.17) is 16.0 Å². The van der Waals surface area contributed by atoms with Gasteiger partial charge in [0.25, 0.3) is 0 Å². The summed E-state index contributed by atoms with van der Waals surface area (Å²) < 4.78 is 7.21. The number of aromatic nitrogens is 3. The highest BCUT2D eigenvalue weighted by Gasteiger charge is 2.54. The van der Waals surface area contributed by atoms with Crippen LogP contribution in [0.25, 0.3) is 16.0 Å². The topological polar surface area (TPSA) is 155 Å². The van der Waals surface area contributed by atoms with Crippen molar-refractivity contribution in [2.24, 2.45) is 5.11 Å². The van der Waals surface area contributed by atoms with Gasteiger partial charge in [0.05, 0.1) is 18.4 Å². The number of nitrogen functional groups attached to an aromatic ring is 1. The Hall–Kier alpha value is -2.39. The minimum absolute atomic E-state index is 0.295. The highest BCUT2D eigenvalue weighted by molar-refractivity contribution is 5.65. The summed E-state index contributed by atoms with van der Waals surface area (Å²) in [4.78, 5) is 6.70. The second-order valence-electron chi connectivity index (χ2n) is 5.30. The van der Waals surface area contributed by atoms with Crippen LogP contribution in [0.5, 0.6) is 0 Å². The second-order valence-corrected chi connectivity index (χ2v) is 5.30. The molecule has 1 aliphatic rings. The zero-order valence-electron chi connectivity index (χ0n) is 11.7. The molecule has 0 radical (unpaired) electrons. The maximum atomic E-state index is 10.3. The molecule has 10 heteroatoms. The fourth-order valence-corrected chi connectivity index (χ4v) is 2.81. The minimum atomic E-state index is -1.28. The summed E-state index contributed by atoms with van der Waals surface area (Å²) in [5.74, 6) is 0.295. The van der Waals surface area contributed by atoms with Crippen molar-refractivity contribution in [1.82, 2.24) is 14.6 Å². The van der Waals surface area contributed by atoms with E-state index < -0.39 is 30.5 Å². The van der Waals surface area contributed by atoms with E-state index in [1.165, 1.54) is 10.8 Å². The van der Waals surface area contributed by atoms with Gasteiger partial charge in [-0.2, -0.15) is 5.10 Å². The summed E-state index contributed by atoms with van der Waals surface area (Å²) in [6.07, 6.45) is -1.49. The molecular formula is C12H15N7O3. The molecule has 3 rings (SSSR count). The van der Waals surface area contributed by atoms with Gasteiger partial charge in [0.2, 0.25) is 0 Å². The molecule has 3 heterocycles. The Morgan fingerprint density at radius 3 is 3.05 bits per heavy atom. The van der Waals surface area contributed by atoms with E-state index in [0.717, 1.165) is 0 Å². The van der Waals surface area contributed by atoms with Crippen LogP contribution < -0.4 is 5.73 Å². The van der Waals surface area contributed by atoms with Crippen LogP contribution in [0.2, 0.25) is 0 Å². The lowest BCUT2D eigenvalue weighted by Crippen LogP contribution is -2.41. The molecule has 1 unspecified atom stereocenters. The van der Waals surface area contributed by atoms with Crippen molar-refractivity contribution < 1.29 is 14.9 Å². The zero-order valence-corrected chi connectivity index (χ0v) is 11.7. The van der Waals surface area contributed by atoms with Crippen molar-refractivity contribution in [1.29, 1.82) is 0 Å². The molecule has 0 spiro atoms. The minimum Gasteiger partial charge on any atom is -0.394 e. The van der Waals surface area contributed by atoms with Crippen molar-refractivity contribution in [2.75, 3.05) is 12.3 Å². The number of rotatable bonds is 3. The summed E-state index contributed by atoms with van der Waals surface area (Å²) in [6.45, 7) is 1.18. The summed E-state index contributed by atoms with van der Waals surface area (Å²) in [6, 6.07) is 3.42. The van der Waals surface area contributed by atoms with E-state index in [1.807, 2.05) is 0 Å². The molecular weight excluding hydrogens is 290 g/mol. The Labute approximate surface area is 124 Å². The van der Waals surface area contributed by atoms with Crippen molar-refractivity contribution >= 4 is 11.3 Å². The average molecular weight is 305 g/mol. The molecule has 1 saturated heterocycles. The SMILES string of the molecule is CC1(N=[N+]=[N-])[C@H](O)[C@@H](CO)O[C@H]1c1ccc2c(N)ncnn12. The van der Waals surface area contributed by atoms with Gasteiger partial charge >= 0.3 is 0 Å². The number of fused-ring (bicyclic) bond motifs is 1. The molecule has 22 heavy (non-hydrogen) atoms. The number of ether oxygens (including phenoxy) is 1. The lowest BCUT2D eigenvalue weighted by atomic mass is 9.88. The highest BCUT2D eigenvalue weighted by Crippen LogP contribution is 2.44. The monoisotopic (exact) mass is 305 g/mol. The van der Waals surface area contributed by atoms with Crippen molar-refractivity contribution in [2.45, 2.75) is 30.8 Å². The van der Waals surface area contributed by atoms with Crippen LogP contribution in [0.3, 0.4) is 0 Å². The van der Waals surface area contributed by atoms with Crippen molar-refractivity contribution in [3.8, 4) is 0 Å². The smallest absolute Gasteiger partial charge is 0.151 e. The Balaban J connectivity index is 2.16. The number of hydrogen-bond acceptors (Lipinski definition) is 7. The molecule has 10 nitrogen and oxygen atoms in total. The van der Waals surface area contributed by atoms with Crippen LogP contribution in [0.4, 0.5) is 5.82 Å². The Morgan fingerprint density at radius 2 is 2.36 bits per heavy atom. The predicted molar refractivity (Wildman–Crippen MR) is 75.7 cm³/mol. The molecule has 0 aromatic carbocycles. The lowest BCUT2D eigenvalue weighted by Gasteiger charge is -2.26. The summed E-state index contributed by atoms with van der Waals surface area (Å²) in [7, 11) is 0. The van der Waals surface area contributed by atoms with Crippen LogP contribution in [-0.2, 0) is 4.74 Å². The van der Waals surface area contributed by atoms with Gasteiger partial charge in [0, 0.05) is 4.91 Å². The highest BCUT2D eigenvalue weighted by atomic mass is 16.5. The van der Waals surface area contributed by atoms with E-state index in [2.05, 4.69) is 20.1 Å². The van der Waals surface area contributed by atoms with Gasteiger partial charge in [-0.3, -0.25) is 0 Å². The first-order valence-electron chi connectivity index (χ1n) is 6.61. The first-order valence-corrected chi connectivity index (χ1v) is 6.61. The molecule has 1 fully saturated rings. The van der Waals surface area contributed by atoms with E-state index in [9.17, 15) is 10.2 Å². The maximum Gasteiger partial charge on any atom is 0.151 e. The molecule has 0 amide bonds. The molecule has 4 atom stereocenters. The molecule has 0 bridgehead atoms. The third-order valence-corrected chi connectivity index (χ3v) is 4.01. The summed E-state index contributed by atoms with van der Waals surface area (Å²) in [5.41, 5.74) is 14.5. The van der Waals surface area contributed by atoms with Gasteiger partial charge in [-0.25, -0.2) is 9.50 Å². The number of aliphatic hydroxyl groups is 2. The Bertz CT molecular complexity index is 756. The largest absolute Gasteiger partial charge is 0.394 e. The Morgan fingerprint density at radius 1 is 1.59 bits per heavy atom.